The summed E-state index contributed by atoms with van der Waals surface area (Å²) in [6, 6.07) is 34.5. The van der Waals surface area contributed by atoms with Crippen molar-refractivity contribution in [1.82, 2.24) is 0 Å². The summed E-state index contributed by atoms with van der Waals surface area (Å²) in [6.45, 7) is 0. The Morgan fingerprint density at radius 1 is 0.571 bits per heavy atom. The number of imide groups is 1. The van der Waals surface area contributed by atoms with Gasteiger partial charge < -0.3 is 0 Å². The fourth-order valence-electron chi connectivity index (χ4n) is 6.38. The molecule has 2 amide bonds. The topological polar surface area (TPSA) is 37.4 Å². The Balaban J connectivity index is 1.34. The van der Waals surface area contributed by atoms with E-state index in [0.717, 1.165) is 27.5 Å². The first-order valence-corrected chi connectivity index (χ1v) is 12.1. The minimum Gasteiger partial charge on any atom is -0.274 e. The standard InChI is InChI=1S/C32H23NO2/c34-31-29-25-17-18-26(28(25)27(21-10-3-1-4-11-21)22-12-5-2-6-13-22)30(29)32(35)33(31)24-16-15-20-9-7-8-14-23(20)19-24/h1-19,25-26,29-30H. The van der Waals surface area contributed by atoms with Crippen molar-refractivity contribution in [2.24, 2.45) is 23.7 Å². The summed E-state index contributed by atoms with van der Waals surface area (Å²) in [5.74, 6) is -0.984. The molecule has 4 unspecified atom stereocenters. The molecule has 168 valence electrons. The van der Waals surface area contributed by atoms with Crippen molar-refractivity contribution in [3.05, 3.63) is 132 Å². The molecule has 3 aliphatic rings. The van der Waals surface area contributed by atoms with Crippen molar-refractivity contribution in [1.29, 1.82) is 0 Å². The minimum atomic E-state index is -0.346. The van der Waals surface area contributed by atoms with Crippen LogP contribution in [0.15, 0.2) is 121 Å². The van der Waals surface area contributed by atoms with Gasteiger partial charge in [0, 0.05) is 11.8 Å². The van der Waals surface area contributed by atoms with Crippen LogP contribution in [-0.2, 0) is 9.59 Å². The van der Waals surface area contributed by atoms with E-state index in [-0.39, 0.29) is 35.5 Å². The third kappa shape index (κ3) is 2.91. The van der Waals surface area contributed by atoms with Crippen molar-refractivity contribution in [2.75, 3.05) is 4.90 Å². The van der Waals surface area contributed by atoms with Crippen molar-refractivity contribution >= 4 is 33.8 Å². The van der Waals surface area contributed by atoms with Crippen LogP contribution < -0.4 is 4.90 Å². The number of hydrogen-bond donors (Lipinski definition) is 0. The molecule has 35 heavy (non-hydrogen) atoms. The van der Waals surface area contributed by atoms with Gasteiger partial charge in [0.2, 0.25) is 11.8 Å². The van der Waals surface area contributed by atoms with E-state index in [9.17, 15) is 9.59 Å². The van der Waals surface area contributed by atoms with Gasteiger partial charge in [-0.3, -0.25) is 9.59 Å². The van der Waals surface area contributed by atoms with Crippen molar-refractivity contribution in [2.45, 2.75) is 0 Å². The number of fused-ring (bicyclic) bond motifs is 6. The second kappa shape index (κ2) is 7.64. The Morgan fingerprint density at radius 2 is 1.09 bits per heavy atom. The van der Waals surface area contributed by atoms with E-state index in [1.165, 1.54) is 10.5 Å². The van der Waals surface area contributed by atoms with Crippen LogP contribution in [0.1, 0.15) is 11.1 Å². The Morgan fingerprint density at radius 3 is 1.66 bits per heavy atom. The third-order valence-electron chi connectivity index (χ3n) is 7.82. The largest absolute Gasteiger partial charge is 0.274 e. The summed E-state index contributed by atoms with van der Waals surface area (Å²) < 4.78 is 0. The van der Waals surface area contributed by atoms with Crippen LogP contribution in [0.3, 0.4) is 0 Å². The van der Waals surface area contributed by atoms with Crippen LogP contribution in [-0.4, -0.2) is 11.8 Å². The van der Waals surface area contributed by atoms with Crippen molar-refractivity contribution in [3.63, 3.8) is 0 Å². The molecule has 1 saturated heterocycles. The first-order chi connectivity index (χ1) is 17.2. The molecule has 7 rings (SSSR count). The number of carbonyl (C=O) groups is 2. The van der Waals surface area contributed by atoms with Gasteiger partial charge in [-0.15, -0.1) is 0 Å². The zero-order valence-corrected chi connectivity index (χ0v) is 19.0. The van der Waals surface area contributed by atoms with Gasteiger partial charge >= 0.3 is 0 Å². The molecular weight excluding hydrogens is 430 g/mol. The Labute approximate surface area is 204 Å². The number of rotatable bonds is 3. The third-order valence-corrected chi connectivity index (χ3v) is 7.82. The molecule has 0 spiro atoms. The fourth-order valence-corrected chi connectivity index (χ4v) is 6.38. The number of amides is 2. The molecule has 4 atom stereocenters. The smallest absolute Gasteiger partial charge is 0.238 e. The van der Waals surface area contributed by atoms with E-state index in [0.29, 0.717) is 5.69 Å². The summed E-state index contributed by atoms with van der Waals surface area (Å²) in [7, 11) is 0. The molecule has 1 saturated carbocycles. The molecule has 4 aromatic carbocycles. The number of carbonyl (C=O) groups excluding carboxylic acids is 2. The molecular formula is C32H23NO2. The quantitative estimate of drug-likeness (QED) is 0.271. The average molecular weight is 454 g/mol. The maximum absolute atomic E-state index is 13.8. The SMILES string of the molecule is O=C1C2C3C=CC(C3=C(c3ccccc3)c3ccccc3)C2C(=O)N1c1ccc2ccccc2c1. The van der Waals surface area contributed by atoms with E-state index in [1.807, 2.05) is 78.9 Å². The predicted octanol–water partition coefficient (Wildman–Crippen LogP) is 6.26. The molecule has 2 fully saturated rings. The van der Waals surface area contributed by atoms with E-state index in [1.54, 1.807) is 0 Å². The second-order valence-electron chi connectivity index (χ2n) is 9.59. The lowest BCUT2D eigenvalue weighted by Gasteiger charge is -2.22. The van der Waals surface area contributed by atoms with Crippen LogP contribution in [0.2, 0.25) is 0 Å². The predicted molar refractivity (Wildman–Crippen MR) is 138 cm³/mol. The Hall–Kier alpha value is -4.24. The first kappa shape index (κ1) is 20.2. The fraction of sp³-hybridized carbons (Fsp3) is 0.125. The number of anilines is 1. The molecule has 2 bridgehead atoms. The lowest BCUT2D eigenvalue weighted by atomic mass is 9.85. The van der Waals surface area contributed by atoms with Gasteiger partial charge in [-0.25, -0.2) is 4.90 Å². The minimum absolute atomic E-state index is 0.0673. The molecule has 2 aliphatic carbocycles. The molecule has 3 nitrogen and oxygen atoms in total. The van der Waals surface area contributed by atoms with Gasteiger partial charge in [-0.05, 0) is 45.2 Å². The van der Waals surface area contributed by atoms with E-state index >= 15 is 0 Å². The van der Waals surface area contributed by atoms with Crippen LogP contribution >= 0.6 is 0 Å². The lowest BCUT2D eigenvalue weighted by Crippen LogP contribution is -2.33. The maximum Gasteiger partial charge on any atom is 0.238 e. The number of allylic oxidation sites excluding steroid dienone is 3. The summed E-state index contributed by atoms with van der Waals surface area (Å²) in [5, 5.41) is 2.12. The van der Waals surface area contributed by atoms with E-state index in [2.05, 4.69) is 36.4 Å². The lowest BCUT2D eigenvalue weighted by molar-refractivity contribution is -0.122. The second-order valence-corrected chi connectivity index (χ2v) is 9.59. The summed E-state index contributed by atoms with van der Waals surface area (Å²) in [5.41, 5.74) is 5.28. The van der Waals surface area contributed by atoms with Crippen molar-refractivity contribution in [3.8, 4) is 0 Å². The highest BCUT2D eigenvalue weighted by molar-refractivity contribution is 6.24. The van der Waals surface area contributed by atoms with Gasteiger partial charge in [0.1, 0.15) is 0 Å². The molecule has 4 aromatic rings. The van der Waals surface area contributed by atoms with Gasteiger partial charge in [-0.2, -0.15) is 0 Å². The van der Waals surface area contributed by atoms with Gasteiger partial charge in [0.25, 0.3) is 0 Å². The molecule has 0 aromatic heterocycles. The monoisotopic (exact) mass is 453 g/mol. The molecule has 0 N–H and O–H groups in total. The summed E-state index contributed by atoms with van der Waals surface area (Å²) in [6.07, 6.45) is 4.31. The molecule has 3 heteroatoms. The Bertz CT molecular complexity index is 1480. The molecule has 1 heterocycles. The van der Waals surface area contributed by atoms with Crippen LogP contribution in [0.25, 0.3) is 16.3 Å². The summed E-state index contributed by atoms with van der Waals surface area (Å²) in [4.78, 5) is 29.1. The number of nitrogens with zero attached hydrogens (tertiary/aromatic N) is 1. The molecule has 0 radical (unpaired) electrons. The maximum atomic E-state index is 13.8. The average Bonchev–Trinajstić information content (AvgIpc) is 3.54. The number of hydrogen-bond acceptors (Lipinski definition) is 2. The van der Waals surface area contributed by atoms with Gasteiger partial charge in [0.05, 0.1) is 17.5 Å². The highest BCUT2D eigenvalue weighted by Gasteiger charge is 2.62. The number of benzene rings is 4. The highest BCUT2D eigenvalue weighted by Crippen LogP contribution is 2.58. The van der Waals surface area contributed by atoms with Crippen LogP contribution in [0, 0.1) is 23.7 Å². The Kier molecular flexibility index (Phi) is 4.40. The zero-order valence-electron chi connectivity index (χ0n) is 19.0. The highest BCUT2D eigenvalue weighted by atomic mass is 16.2. The van der Waals surface area contributed by atoms with E-state index in [4.69, 9.17) is 0 Å². The first-order valence-electron chi connectivity index (χ1n) is 12.1. The van der Waals surface area contributed by atoms with Gasteiger partial charge in [0.15, 0.2) is 0 Å². The summed E-state index contributed by atoms with van der Waals surface area (Å²) >= 11 is 0. The van der Waals surface area contributed by atoms with Gasteiger partial charge in [-0.1, -0.05) is 103 Å². The van der Waals surface area contributed by atoms with Crippen LogP contribution in [0.4, 0.5) is 5.69 Å². The van der Waals surface area contributed by atoms with E-state index < -0.39 is 0 Å². The van der Waals surface area contributed by atoms with Crippen LogP contribution in [0.5, 0.6) is 0 Å². The normalized spacial score (nSPS) is 24.5. The zero-order chi connectivity index (χ0) is 23.5. The van der Waals surface area contributed by atoms with Crippen molar-refractivity contribution < 1.29 is 9.59 Å². The molecule has 1 aliphatic heterocycles.